The third-order valence-corrected chi connectivity index (χ3v) is 6.21. The second kappa shape index (κ2) is 10.5. The molecule has 0 aliphatic carbocycles. The zero-order valence-corrected chi connectivity index (χ0v) is 20.4. The van der Waals surface area contributed by atoms with Crippen LogP contribution in [0.3, 0.4) is 0 Å². The molecule has 4 nitrogen and oxygen atoms in total. The summed E-state index contributed by atoms with van der Waals surface area (Å²) in [5.74, 6) is -0.367. The van der Waals surface area contributed by atoms with Gasteiger partial charge in [-0.25, -0.2) is 4.79 Å². The fourth-order valence-electron chi connectivity index (χ4n) is 4.17. The van der Waals surface area contributed by atoms with E-state index in [1.165, 1.54) is 7.11 Å². The lowest BCUT2D eigenvalue weighted by molar-refractivity contribution is 0.0600. The molecule has 5 heteroatoms. The first-order chi connectivity index (χ1) is 17.7. The van der Waals surface area contributed by atoms with E-state index < -0.39 is 0 Å². The van der Waals surface area contributed by atoms with E-state index in [-0.39, 0.29) is 5.97 Å². The summed E-state index contributed by atoms with van der Waals surface area (Å²) in [5, 5.41) is 0.594. The Morgan fingerprint density at radius 3 is 2.06 bits per heavy atom. The first kappa shape index (κ1) is 23.3. The normalized spacial score (nSPS) is 11.1. The molecule has 0 saturated carbocycles. The lowest BCUT2D eigenvalue weighted by atomic mass is 10.1. The Morgan fingerprint density at radius 1 is 0.806 bits per heavy atom. The topological polar surface area (TPSA) is 43.6 Å². The average molecular weight is 491 g/mol. The van der Waals surface area contributed by atoms with Crippen molar-refractivity contribution in [3.8, 4) is 28.2 Å². The first-order valence-electron chi connectivity index (χ1n) is 11.5. The third kappa shape index (κ3) is 4.72. The van der Waals surface area contributed by atoms with E-state index in [1.807, 2.05) is 79.0 Å². The zero-order valence-electron chi connectivity index (χ0n) is 19.6. The minimum absolute atomic E-state index is 0.367. The third-order valence-electron chi connectivity index (χ3n) is 5.89. The van der Waals surface area contributed by atoms with Crippen molar-refractivity contribution in [2.45, 2.75) is 0 Å². The Labute approximate surface area is 215 Å². The zero-order chi connectivity index (χ0) is 24.9. The van der Waals surface area contributed by atoms with Crippen LogP contribution in [0, 0.1) is 0 Å². The van der Waals surface area contributed by atoms with Crippen LogP contribution in [0.5, 0.6) is 0 Å². The number of ether oxygens (including phenoxy) is 1. The van der Waals surface area contributed by atoms with Gasteiger partial charge in [-0.05, 0) is 53.6 Å². The molecule has 0 aliphatic heterocycles. The maximum atomic E-state index is 12.0. The highest BCUT2D eigenvalue weighted by Gasteiger charge is 2.19. The van der Waals surface area contributed by atoms with Crippen molar-refractivity contribution in [3.63, 3.8) is 0 Å². The van der Waals surface area contributed by atoms with Gasteiger partial charge in [0.1, 0.15) is 0 Å². The lowest BCUT2D eigenvalue weighted by Crippen LogP contribution is -2.03. The molecule has 0 unspecified atom stereocenters. The van der Waals surface area contributed by atoms with Crippen LogP contribution in [0.4, 0.5) is 5.69 Å². The van der Waals surface area contributed by atoms with Crippen LogP contribution in [0.25, 0.3) is 28.2 Å². The summed E-state index contributed by atoms with van der Waals surface area (Å²) in [6.45, 7) is 0. The molecule has 36 heavy (non-hydrogen) atoms. The molecule has 4 aromatic carbocycles. The smallest absolute Gasteiger partial charge is 0.337 e. The number of methoxy groups -OCH3 is 1. The maximum Gasteiger partial charge on any atom is 0.337 e. The molecule has 0 fully saturated rings. The summed E-state index contributed by atoms with van der Waals surface area (Å²) < 4.78 is 7.08. The number of benzene rings is 4. The van der Waals surface area contributed by atoms with Crippen molar-refractivity contribution in [1.29, 1.82) is 0 Å². The number of esters is 1. The molecular weight excluding hydrogens is 468 g/mol. The molecule has 1 aromatic heterocycles. The summed E-state index contributed by atoms with van der Waals surface area (Å²) in [4.78, 5) is 16.8. The number of hydrogen-bond donors (Lipinski definition) is 0. The molecule has 0 spiro atoms. The number of rotatable bonds is 6. The van der Waals surface area contributed by atoms with E-state index in [9.17, 15) is 4.79 Å². The minimum atomic E-state index is -0.367. The molecule has 176 valence electrons. The summed E-state index contributed by atoms with van der Waals surface area (Å²) in [6, 6.07) is 37.5. The Kier molecular flexibility index (Phi) is 6.78. The quantitative estimate of drug-likeness (QED) is 0.179. The van der Waals surface area contributed by atoms with E-state index in [2.05, 4.69) is 34.9 Å². The van der Waals surface area contributed by atoms with Crippen molar-refractivity contribution in [1.82, 2.24) is 4.57 Å². The molecule has 5 rings (SSSR count). The molecule has 5 aromatic rings. The number of nitrogens with zero attached hydrogens (tertiary/aromatic N) is 2. The molecule has 0 saturated heterocycles. The summed E-state index contributed by atoms with van der Waals surface area (Å²) in [7, 11) is 1.38. The number of hydrogen-bond acceptors (Lipinski definition) is 3. The van der Waals surface area contributed by atoms with Crippen LogP contribution in [-0.4, -0.2) is 23.9 Å². The molecule has 0 atom stereocenters. The maximum absolute atomic E-state index is 12.0. The molecule has 0 N–H and O–H groups in total. The molecule has 0 aliphatic rings. The Balaban J connectivity index is 1.76. The predicted octanol–water partition coefficient (Wildman–Crippen LogP) is 8.00. The van der Waals surface area contributed by atoms with Gasteiger partial charge in [-0.1, -0.05) is 84.4 Å². The molecule has 0 bridgehead atoms. The first-order valence-corrected chi connectivity index (χ1v) is 11.9. The van der Waals surface area contributed by atoms with Crippen molar-refractivity contribution >= 4 is 29.5 Å². The Morgan fingerprint density at radius 2 is 1.42 bits per heavy atom. The second-order valence-corrected chi connectivity index (χ2v) is 8.56. The SMILES string of the molecule is COC(=O)c1ccc(-n2c(-c3ccccc3)cc(C=Nc3ccccc3Cl)c2-c2ccccc2)cc1. The number of halogens is 1. The molecule has 1 heterocycles. The fourth-order valence-corrected chi connectivity index (χ4v) is 4.35. The van der Waals surface area contributed by atoms with Gasteiger partial charge in [0.2, 0.25) is 0 Å². The van der Waals surface area contributed by atoms with Gasteiger partial charge >= 0.3 is 5.97 Å². The van der Waals surface area contributed by atoms with Crippen molar-refractivity contribution in [3.05, 3.63) is 131 Å². The van der Waals surface area contributed by atoms with E-state index >= 15 is 0 Å². The summed E-state index contributed by atoms with van der Waals surface area (Å²) in [5.41, 5.74) is 7.14. The standard InChI is InChI=1S/C31H23ClN2O2/c1-36-31(35)24-16-18-26(19-17-24)34-29(22-10-4-2-5-11-22)20-25(30(34)23-12-6-3-7-13-23)21-33-28-15-9-8-14-27(28)32/h2-21H,1H3. The minimum Gasteiger partial charge on any atom is -0.465 e. The largest absolute Gasteiger partial charge is 0.465 e. The number of carbonyl (C=O) groups excluding carboxylic acids is 1. The predicted molar refractivity (Wildman–Crippen MR) is 147 cm³/mol. The summed E-state index contributed by atoms with van der Waals surface area (Å²) in [6.07, 6.45) is 1.86. The van der Waals surface area contributed by atoms with Gasteiger partial charge in [-0.3, -0.25) is 4.99 Å². The van der Waals surface area contributed by atoms with Crippen molar-refractivity contribution in [2.24, 2.45) is 4.99 Å². The van der Waals surface area contributed by atoms with E-state index in [1.54, 1.807) is 12.1 Å². The Bertz CT molecular complexity index is 1520. The fraction of sp³-hybridized carbons (Fsp3) is 0.0323. The van der Waals surface area contributed by atoms with Gasteiger partial charge in [0.05, 0.1) is 34.8 Å². The Hall–Kier alpha value is -4.41. The average Bonchev–Trinajstić information content (AvgIpc) is 3.32. The lowest BCUT2D eigenvalue weighted by Gasteiger charge is -2.15. The van der Waals surface area contributed by atoms with E-state index in [0.29, 0.717) is 16.3 Å². The van der Waals surface area contributed by atoms with Gasteiger partial charge in [0.15, 0.2) is 0 Å². The van der Waals surface area contributed by atoms with Crippen molar-refractivity contribution in [2.75, 3.05) is 7.11 Å². The van der Waals surface area contributed by atoms with Gasteiger partial charge in [0, 0.05) is 17.5 Å². The highest BCUT2D eigenvalue weighted by Crippen LogP contribution is 2.36. The number of aromatic nitrogens is 1. The van der Waals surface area contributed by atoms with Crippen LogP contribution in [0.1, 0.15) is 15.9 Å². The molecular formula is C31H23ClN2O2. The van der Waals surface area contributed by atoms with Crippen LogP contribution < -0.4 is 0 Å². The van der Waals surface area contributed by atoms with Gasteiger partial charge in [-0.15, -0.1) is 0 Å². The van der Waals surface area contributed by atoms with Gasteiger partial charge in [0.25, 0.3) is 0 Å². The highest BCUT2D eigenvalue weighted by molar-refractivity contribution is 6.33. The van der Waals surface area contributed by atoms with E-state index in [0.717, 1.165) is 33.8 Å². The molecule has 0 radical (unpaired) electrons. The van der Waals surface area contributed by atoms with Crippen LogP contribution in [0.15, 0.2) is 120 Å². The van der Waals surface area contributed by atoms with Gasteiger partial charge < -0.3 is 9.30 Å². The van der Waals surface area contributed by atoms with Gasteiger partial charge in [-0.2, -0.15) is 0 Å². The number of carbonyl (C=O) groups is 1. The monoisotopic (exact) mass is 490 g/mol. The number of aliphatic imine (C=N–C) groups is 1. The highest BCUT2D eigenvalue weighted by atomic mass is 35.5. The van der Waals surface area contributed by atoms with Crippen molar-refractivity contribution < 1.29 is 9.53 Å². The van der Waals surface area contributed by atoms with Crippen LogP contribution in [0.2, 0.25) is 5.02 Å². The molecule has 0 amide bonds. The second-order valence-electron chi connectivity index (χ2n) is 8.15. The van der Waals surface area contributed by atoms with E-state index in [4.69, 9.17) is 21.3 Å². The summed E-state index contributed by atoms with van der Waals surface area (Å²) >= 11 is 6.37. The van der Waals surface area contributed by atoms with Crippen LogP contribution >= 0.6 is 11.6 Å². The number of para-hydroxylation sites is 1. The van der Waals surface area contributed by atoms with Crippen LogP contribution in [-0.2, 0) is 4.74 Å².